The Kier molecular flexibility index (Phi) is 7.66. The molecule has 134 valence electrons. The van der Waals surface area contributed by atoms with Gasteiger partial charge in [-0.2, -0.15) is 0 Å². The van der Waals surface area contributed by atoms with Crippen LogP contribution in [-0.2, 0) is 4.79 Å². The summed E-state index contributed by atoms with van der Waals surface area (Å²) in [5, 5.41) is 2.66. The molecule has 0 spiro atoms. The number of nitrogens with zero attached hydrogens (tertiary/aromatic N) is 2. The Morgan fingerprint density at radius 3 is 2.71 bits per heavy atom. The van der Waals surface area contributed by atoms with E-state index in [1.807, 2.05) is 0 Å². The highest BCUT2D eigenvalue weighted by atomic mass is 19.1. The van der Waals surface area contributed by atoms with E-state index in [4.69, 9.17) is 0 Å². The summed E-state index contributed by atoms with van der Waals surface area (Å²) < 4.78 is 13.6. The van der Waals surface area contributed by atoms with Crippen molar-refractivity contribution in [3.8, 4) is 0 Å². The van der Waals surface area contributed by atoms with Gasteiger partial charge in [0.2, 0.25) is 5.91 Å². The lowest BCUT2D eigenvalue weighted by atomic mass is 9.96. The molecule has 1 aliphatic rings. The number of para-hydroxylation sites is 1. The van der Waals surface area contributed by atoms with Crippen LogP contribution in [-0.4, -0.2) is 55.5 Å². The van der Waals surface area contributed by atoms with E-state index in [-0.39, 0.29) is 17.4 Å². The van der Waals surface area contributed by atoms with E-state index in [0.29, 0.717) is 6.54 Å². The van der Waals surface area contributed by atoms with Crippen molar-refractivity contribution in [3.63, 3.8) is 0 Å². The molecule has 1 aromatic rings. The molecule has 1 saturated heterocycles. The number of hydrogen-bond acceptors (Lipinski definition) is 3. The maximum absolute atomic E-state index is 13.6. The first kappa shape index (κ1) is 18.9. The lowest BCUT2D eigenvalue weighted by Gasteiger charge is -2.33. The van der Waals surface area contributed by atoms with Crippen LogP contribution in [0.5, 0.6) is 0 Å². The molecule has 0 aliphatic carbocycles. The van der Waals surface area contributed by atoms with Crippen molar-refractivity contribution < 1.29 is 9.18 Å². The van der Waals surface area contributed by atoms with Crippen LogP contribution in [0, 0.1) is 11.7 Å². The van der Waals surface area contributed by atoms with Gasteiger partial charge in [0.05, 0.1) is 12.2 Å². The molecule has 0 bridgehead atoms. The SMILES string of the molecule is CCCCN(C)CC1CCN(CC(=O)Nc2ccccc2F)CC1. The molecular formula is C19H30FN3O. The first-order chi connectivity index (χ1) is 11.6. The van der Waals surface area contributed by atoms with E-state index >= 15 is 0 Å². The smallest absolute Gasteiger partial charge is 0.238 e. The molecule has 1 aliphatic heterocycles. The molecule has 0 unspecified atom stereocenters. The van der Waals surface area contributed by atoms with Crippen LogP contribution in [0.1, 0.15) is 32.6 Å². The molecule has 0 radical (unpaired) electrons. The number of anilines is 1. The standard InChI is InChI=1S/C19H30FN3O/c1-3-4-11-22(2)14-16-9-12-23(13-10-16)15-19(24)21-18-8-6-5-7-17(18)20/h5-8,16H,3-4,9-15H2,1-2H3,(H,21,24). The fraction of sp³-hybridized carbons (Fsp3) is 0.632. The number of piperidine rings is 1. The number of unbranched alkanes of at least 4 members (excludes halogenated alkanes) is 1. The highest BCUT2D eigenvalue weighted by molar-refractivity contribution is 5.92. The zero-order valence-electron chi connectivity index (χ0n) is 14.9. The Labute approximate surface area is 145 Å². The summed E-state index contributed by atoms with van der Waals surface area (Å²) in [6.45, 7) is 6.76. The van der Waals surface area contributed by atoms with Gasteiger partial charge in [0.1, 0.15) is 5.82 Å². The lowest BCUT2D eigenvalue weighted by Crippen LogP contribution is -2.41. The summed E-state index contributed by atoms with van der Waals surface area (Å²) in [5.41, 5.74) is 0.259. The van der Waals surface area contributed by atoms with Gasteiger partial charge in [-0.3, -0.25) is 9.69 Å². The van der Waals surface area contributed by atoms with E-state index in [1.54, 1.807) is 18.2 Å². The van der Waals surface area contributed by atoms with Gasteiger partial charge in [0.25, 0.3) is 0 Å². The van der Waals surface area contributed by atoms with E-state index in [0.717, 1.165) is 38.4 Å². The number of halogens is 1. The molecule has 0 saturated carbocycles. The second-order valence-electron chi connectivity index (χ2n) is 6.86. The largest absolute Gasteiger partial charge is 0.322 e. The second kappa shape index (κ2) is 9.74. The molecule has 1 aromatic carbocycles. The van der Waals surface area contributed by atoms with Crippen LogP contribution >= 0.6 is 0 Å². The van der Waals surface area contributed by atoms with Gasteiger partial charge in [-0.15, -0.1) is 0 Å². The normalized spacial score (nSPS) is 16.5. The number of amides is 1. The van der Waals surface area contributed by atoms with Crippen LogP contribution in [0.3, 0.4) is 0 Å². The highest BCUT2D eigenvalue weighted by Gasteiger charge is 2.22. The molecule has 0 atom stereocenters. The Morgan fingerprint density at radius 1 is 1.33 bits per heavy atom. The third-order valence-corrected chi connectivity index (χ3v) is 4.69. The first-order valence-electron chi connectivity index (χ1n) is 9.03. The Bertz CT molecular complexity index is 515. The summed E-state index contributed by atoms with van der Waals surface area (Å²) in [5.74, 6) is 0.191. The number of rotatable bonds is 8. The van der Waals surface area contributed by atoms with Crippen LogP contribution < -0.4 is 5.32 Å². The molecule has 2 rings (SSSR count). The molecule has 1 heterocycles. The molecule has 24 heavy (non-hydrogen) atoms. The summed E-state index contributed by atoms with van der Waals surface area (Å²) in [6.07, 6.45) is 4.75. The van der Waals surface area contributed by atoms with Crippen molar-refractivity contribution in [1.82, 2.24) is 9.80 Å². The topological polar surface area (TPSA) is 35.6 Å². The van der Waals surface area contributed by atoms with Gasteiger partial charge >= 0.3 is 0 Å². The van der Waals surface area contributed by atoms with Crippen LogP contribution in [0.4, 0.5) is 10.1 Å². The number of carbonyl (C=O) groups excluding carboxylic acids is 1. The van der Waals surface area contributed by atoms with E-state index in [2.05, 4.69) is 29.1 Å². The van der Waals surface area contributed by atoms with E-state index in [9.17, 15) is 9.18 Å². The maximum Gasteiger partial charge on any atom is 0.238 e. The van der Waals surface area contributed by atoms with Gasteiger partial charge in [-0.25, -0.2) is 4.39 Å². The molecule has 1 N–H and O–H groups in total. The second-order valence-corrected chi connectivity index (χ2v) is 6.86. The minimum absolute atomic E-state index is 0.140. The Morgan fingerprint density at radius 2 is 2.04 bits per heavy atom. The Hall–Kier alpha value is -1.46. The molecular weight excluding hydrogens is 305 g/mol. The van der Waals surface area contributed by atoms with Crippen molar-refractivity contribution in [1.29, 1.82) is 0 Å². The van der Waals surface area contributed by atoms with Crippen molar-refractivity contribution in [3.05, 3.63) is 30.1 Å². The van der Waals surface area contributed by atoms with Gasteiger partial charge in [0, 0.05) is 6.54 Å². The van der Waals surface area contributed by atoms with Crippen molar-refractivity contribution >= 4 is 11.6 Å². The molecule has 4 nitrogen and oxygen atoms in total. The average molecular weight is 335 g/mol. The predicted octanol–water partition coefficient (Wildman–Crippen LogP) is 3.21. The quantitative estimate of drug-likeness (QED) is 0.792. The highest BCUT2D eigenvalue weighted by Crippen LogP contribution is 2.18. The fourth-order valence-corrected chi connectivity index (χ4v) is 3.24. The zero-order chi connectivity index (χ0) is 17.4. The number of likely N-dealkylation sites (tertiary alicyclic amines) is 1. The van der Waals surface area contributed by atoms with E-state index < -0.39 is 0 Å². The average Bonchev–Trinajstić information content (AvgIpc) is 2.57. The maximum atomic E-state index is 13.6. The van der Waals surface area contributed by atoms with Crippen LogP contribution in [0.15, 0.2) is 24.3 Å². The van der Waals surface area contributed by atoms with Crippen molar-refractivity contribution in [2.45, 2.75) is 32.6 Å². The number of carbonyl (C=O) groups is 1. The fourth-order valence-electron chi connectivity index (χ4n) is 3.24. The molecule has 5 heteroatoms. The molecule has 1 fully saturated rings. The van der Waals surface area contributed by atoms with E-state index in [1.165, 1.54) is 25.5 Å². The summed E-state index contributed by atoms with van der Waals surface area (Å²) in [7, 11) is 2.20. The van der Waals surface area contributed by atoms with Gasteiger partial charge in [0.15, 0.2) is 0 Å². The lowest BCUT2D eigenvalue weighted by molar-refractivity contribution is -0.117. The third-order valence-electron chi connectivity index (χ3n) is 4.69. The number of benzene rings is 1. The number of nitrogens with one attached hydrogen (secondary N) is 1. The third kappa shape index (κ3) is 6.21. The monoisotopic (exact) mass is 335 g/mol. The van der Waals surface area contributed by atoms with Gasteiger partial charge in [-0.1, -0.05) is 25.5 Å². The summed E-state index contributed by atoms with van der Waals surface area (Å²) >= 11 is 0. The summed E-state index contributed by atoms with van der Waals surface area (Å²) in [4.78, 5) is 16.7. The van der Waals surface area contributed by atoms with Crippen molar-refractivity contribution in [2.24, 2.45) is 5.92 Å². The van der Waals surface area contributed by atoms with Crippen LogP contribution in [0.2, 0.25) is 0 Å². The van der Waals surface area contributed by atoms with Crippen LogP contribution in [0.25, 0.3) is 0 Å². The summed E-state index contributed by atoms with van der Waals surface area (Å²) in [6, 6.07) is 6.29. The van der Waals surface area contributed by atoms with Crippen molar-refractivity contribution in [2.75, 3.05) is 45.1 Å². The van der Waals surface area contributed by atoms with Gasteiger partial charge < -0.3 is 10.2 Å². The zero-order valence-corrected chi connectivity index (χ0v) is 14.9. The molecule has 1 amide bonds. The minimum atomic E-state index is -0.389. The minimum Gasteiger partial charge on any atom is -0.322 e. The predicted molar refractivity (Wildman–Crippen MR) is 96.6 cm³/mol. The van der Waals surface area contributed by atoms with Gasteiger partial charge in [-0.05, 0) is 64.0 Å². The molecule has 0 aromatic heterocycles. The first-order valence-corrected chi connectivity index (χ1v) is 9.03. The Balaban J connectivity index is 1.69. The number of hydrogen-bond donors (Lipinski definition) is 1.